The Morgan fingerprint density at radius 2 is 1.96 bits per heavy atom. The lowest BCUT2D eigenvalue weighted by molar-refractivity contribution is -0.153. The number of esters is 1. The zero-order valence-corrected chi connectivity index (χ0v) is 14.8. The van der Waals surface area contributed by atoms with Gasteiger partial charge in [-0.3, -0.25) is 14.4 Å². The third-order valence-electron chi connectivity index (χ3n) is 5.10. The fraction of sp³-hybridized carbons (Fsp3) is 0.450. The van der Waals surface area contributed by atoms with E-state index in [0.717, 1.165) is 11.1 Å². The Balaban J connectivity index is 2.06. The van der Waals surface area contributed by atoms with Gasteiger partial charge in [-0.15, -0.1) is 0 Å². The number of ether oxygens (including phenoxy) is 1. The van der Waals surface area contributed by atoms with Gasteiger partial charge in [0.05, 0.1) is 6.61 Å². The number of hydrogen-bond donors (Lipinski definition) is 1. The van der Waals surface area contributed by atoms with Crippen molar-refractivity contribution in [3.63, 3.8) is 0 Å². The van der Waals surface area contributed by atoms with E-state index in [1.54, 1.807) is 6.92 Å². The molecule has 1 aromatic carbocycles. The van der Waals surface area contributed by atoms with Gasteiger partial charge in [0.2, 0.25) is 5.91 Å². The number of benzene rings is 1. The van der Waals surface area contributed by atoms with Gasteiger partial charge < -0.3 is 10.1 Å². The van der Waals surface area contributed by atoms with E-state index < -0.39 is 11.9 Å². The molecule has 0 fully saturated rings. The lowest BCUT2D eigenvalue weighted by Crippen LogP contribution is -2.44. The maximum absolute atomic E-state index is 13.2. The van der Waals surface area contributed by atoms with Crippen LogP contribution < -0.4 is 5.32 Å². The fourth-order valence-corrected chi connectivity index (χ4v) is 3.95. The molecule has 0 bridgehead atoms. The van der Waals surface area contributed by atoms with Crippen LogP contribution in [-0.2, 0) is 19.1 Å². The summed E-state index contributed by atoms with van der Waals surface area (Å²) < 4.78 is 5.12. The minimum Gasteiger partial charge on any atom is -0.465 e. The predicted molar refractivity (Wildman–Crippen MR) is 92.6 cm³/mol. The summed E-state index contributed by atoms with van der Waals surface area (Å²) in [7, 11) is 0. The molecule has 1 amide bonds. The molecule has 25 heavy (non-hydrogen) atoms. The molecule has 0 radical (unpaired) electrons. The Morgan fingerprint density at radius 3 is 2.64 bits per heavy atom. The molecule has 3 unspecified atom stereocenters. The normalized spacial score (nSPS) is 26.1. The van der Waals surface area contributed by atoms with Crippen LogP contribution in [0.1, 0.15) is 43.7 Å². The molecular formula is C20H23NO4. The van der Waals surface area contributed by atoms with Crippen LogP contribution in [0, 0.1) is 18.8 Å². The minimum absolute atomic E-state index is 0.0819. The second kappa shape index (κ2) is 6.82. The Bertz CT molecular complexity index is 765. The van der Waals surface area contributed by atoms with Crippen molar-refractivity contribution in [1.29, 1.82) is 0 Å². The molecule has 1 aliphatic heterocycles. The third-order valence-corrected chi connectivity index (χ3v) is 5.10. The van der Waals surface area contributed by atoms with E-state index in [0.29, 0.717) is 17.7 Å². The van der Waals surface area contributed by atoms with Crippen LogP contribution in [-0.4, -0.2) is 24.3 Å². The molecule has 0 saturated heterocycles. The first-order valence-corrected chi connectivity index (χ1v) is 8.73. The summed E-state index contributed by atoms with van der Waals surface area (Å²) in [6, 6.07) is 7.77. The van der Waals surface area contributed by atoms with Gasteiger partial charge in [0.1, 0.15) is 5.92 Å². The van der Waals surface area contributed by atoms with E-state index in [9.17, 15) is 14.4 Å². The minimum atomic E-state index is -0.791. The molecule has 3 atom stereocenters. The number of Topliss-reactive ketones (excluding diaryl/α,β-unsaturated/α-hetero) is 1. The number of aryl methyl sites for hydroxylation is 1. The number of hydrogen-bond acceptors (Lipinski definition) is 4. The van der Waals surface area contributed by atoms with Gasteiger partial charge in [-0.25, -0.2) is 0 Å². The van der Waals surface area contributed by atoms with Gasteiger partial charge in [0.25, 0.3) is 0 Å². The number of amides is 1. The molecular weight excluding hydrogens is 318 g/mol. The summed E-state index contributed by atoms with van der Waals surface area (Å²) in [5.41, 5.74) is 3.25. The van der Waals surface area contributed by atoms with Crippen LogP contribution in [0.2, 0.25) is 0 Å². The summed E-state index contributed by atoms with van der Waals surface area (Å²) in [6.45, 7) is 5.81. The molecule has 0 aromatic heterocycles. The van der Waals surface area contributed by atoms with Crippen molar-refractivity contribution in [3.8, 4) is 0 Å². The Kier molecular flexibility index (Phi) is 4.75. The highest BCUT2D eigenvalue weighted by molar-refractivity contribution is 6.11. The zero-order chi connectivity index (χ0) is 18.1. The summed E-state index contributed by atoms with van der Waals surface area (Å²) in [5.74, 6) is -2.04. The van der Waals surface area contributed by atoms with Crippen molar-refractivity contribution in [3.05, 3.63) is 46.7 Å². The van der Waals surface area contributed by atoms with Crippen molar-refractivity contribution >= 4 is 17.7 Å². The molecule has 1 aromatic rings. The number of carbonyl (C=O) groups excluding carboxylic acids is 3. The van der Waals surface area contributed by atoms with Gasteiger partial charge in [-0.1, -0.05) is 31.2 Å². The van der Waals surface area contributed by atoms with E-state index in [4.69, 9.17) is 4.74 Å². The zero-order valence-electron chi connectivity index (χ0n) is 14.8. The van der Waals surface area contributed by atoms with Crippen molar-refractivity contribution in [2.24, 2.45) is 11.8 Å². The van der Waals surface area contributed by atoms with Crippen LogP contribution >= 0.6 is 0 Å². The molecule has 1 aliphatic carbocycles. The van der Waals surface area contributed by atoms with E-state index in [1.807, 2.05) is 38.1 Å². The van der Waals surface area contributed by atoms with Crippen molar-refractivity contribution in [2.45, 2.75) is 39.5 Å². The number of carbonyl (C=O) groups is 3. The Hall–Kier alpha value is -2.43. The molecule has 0 saturated carbocycles. The molecule has 5 nitrogen and oxygen atoms in total. The second-order valence-electron chi connectivity index (χ2n) is 6.83. The number of allylic oxidation sites excluding steroid dienone is 2. The van der Waals surface area contributed by atoms with Gasteiger partial charge >= 0.3 is 5.97 Å². The summed E-state index contributed by atoms with van der Waals surface area (Å²) >= 11 is 0. The number of rotatable bonds is 3. The predicted octanol–water partition coefficient (Wildman–Crippen LogP) is 2.64. The Morgan fingerprint density at radius 1 is 1.24 bits per heavy atom. The van der Waals surface area contributed by atoms with E-state index in [-0.39, 0.29) is 36.6 Å². The first-order valence-electron chi connectivity index (χ1n) is 8.73. The van der Waals surface area contributed by atoms with Crippen LogP contribution in [0.15, 0.2) is 35.5 Å². The molecule has 5 heteroatoms. The summed E-state index contributed by atoms with van der Waals surface area (Å²) in [4.78, 5) is 37.7. The average Bonchev–Trinajstić information content (AvgIpc) is 2.54. The second-order valence-corrected chi connectivity index (χ2v) is 6.83. The summed E-state index contributed by atoms with van der Waals surface area (Å²) in [6.07, 6.45) is 0.720. The molecule has 0 spiro atoms. The molecule has 1 N–H and O–H groups in total. The van der Waals surface area contributed by atoms with Crippen LogP contribution in [0.25, 0.3) is 0 Å². The maximum Gasteiger partial charge on any atom is 0.317 e. The first-order chi connectivity index (χ1) is 11.9. The van der Waals surface area contributed by atoms with E-state index >= 15 is 0 Å². The van der Waals surface area contributed by atoms with Crippen LogP contribution in [0.3, 0.4) is 0 Å². The average molecular weight is 341 g/mol. The maximum atomic E-state index is 13.2. The standard InChI is InChI=1S/C20H23NO4/c1-4-25-20(24)17-12(3)9-15-18(19(17)23)14(10-16(22)21-15)13-8-6-5-7-11(13)2/h5-8,12,14,17H,4,9-10H2,1-3H3,(H,21,22). The molecule has 2 aliphatic rings. The largest absolute Gasteiger partial charge is 0.465 e. The number of ketones is 1. The van der Waals surface area contributed by atoms with Crippen molar-refractivity contribution < 1.29 is 19.1 Å². The van der Waals surface area contributed by atoms with Gasteiger partial charge in [-0.2, -0.15) is 0 Å². The van der Waals surface area contributed by atoms with Gasteiger partial charge in [0.15, 0.2) is 5.78 Å². The van der Waals surface area contributed by atoms with Crippen molar-refractivity contribution in [2.75, 3.05) is 6.61 Å². The van der Waals surface area contributed by atoms with Crippen molar-refractivity contribution in [1.82, 2.24) is 5.32 Å². The summed E-state index contributed by atoms with van der Waals surface area (Å²) in [5, 5.41) is 2.86. The Labute approximate surface area is 147 Å². The first kappa shape index (κ1) is 17.4. The quantitative estimate of drug-likeness (QED) is 0.678. The van der Waals surface area contributed by atoms with Crippen LogP contribution in [0.4, 0.5) is 0 Å². The van der Waals surface area contributed by atoms with E-state index in [2.05, 4.69) is 5.32 Å². The lowest BCUT2D eigenvalue weighted by atomic mass is 9.70. The molecule has 1 heterocycles. The smallest absolute Gasteiger partial charge is 0.317 e. The number of nitrogens with one attached hydrogen (secondary N) is 1. The lowest BCUT2D eigenvalue weighted by Gasteiger charge is -2.36. The highest BCUT2D eigenvalue weighted by atomic mass is 16.5. The molecule has 132 valence electrons. The third kappa shape index (κ3) is 3.11. The highest BCUT2D eigenvalue weighted by Gasteiger charge is 2.45. The van der Waals surface area contributed by atoms with Gasteiger partial charge in [0, 0.05) is 23.6 Å². The highest BCUT2D eigenvalue weighted by Crippen LogP contribution is 2.42. The SMILES string of the molecule is CCOC(=O)C1C(=O)C2=C(CC1C)NC(=O)CC2c1ccccc1C. The fourth-order valence-electron chi connectivity index (χ4n) is 3.95. The monoisotopic (exact) mass is 341 g/mol. The molecule has 3 rings (SSSR count). The van der Waals surface area contributed by atoms with Crippen LogP contribution in [0.5, 0.6) is 0 Å². The topological polar surface area (TPSA) is 72.5 Å². The van der Waals surface area contributed by atoms with E-state index in [1.165, 1.54) is 0 Å². The van der Waals surface area contributed by atoms with Gasteiger partial charge in [-0.05, 0) is 37.3 Å².